The summed E-state index contributed by atoms with van der Waals surface area (Å²) >= 11 is 0. The maximum Gasteiger partial charge on any atom is 0.328 e. The van der Waals surface area contributed by atoms with Gasteiger partial charge in [0.25, 0.3) is 5.56 Å². The number of aromatic amines is 1. The lowest BCUT2D eigenvalue weighted by Crippen LogP contribution is -2.35. The Morgan fingerprint density at radius 2 is 2.11 bits per heavy atom. The summed E-state index contributed by atoms with van der Waals surface area (Å²) in [4.78, 5) is 26.8. The van der Waals surface area contributed by atoms with Crippen molar-refractivity contribution in [1.29, 1.82) is 0 Å². The maximum atomic E-state index is 12.3. The molecule has 1 aromatic carbocycles. The van der Waals surface area contributed by atoms with Gasteiger partial charge in [0, 0.05) is 12.2 Å². The van der Waals surface area contributed by atoms with Gasteiger partial charge in [-0.05, 0) is 24.5 Å². The van der Waals surface area contributed by atoms with E-state index in [0.29, 0.717) is 29.1 Å². The fourth-order valence-corrected chi connectivity index (χ4v) is 2.24. The van der Waals surface area contributed by atoms with Gasteiger partial charge in [-0.2, -0.15) is 0 Å². The number of nitrogen functional groups attached to an aromatic ring is 1. The van der Waals surface area contributed by atoms with Crippen LogP contribution in [0.25, 0.3) is 10.9 Å². The van der Waals surface area contributed by atoms with Crippen molar-refractivity contribution in [3.05, 3.63) is 39.0 Å². The van der Waals surface area contributed by atoms with E-state index < -0.39 is 0 Å². The lowest BCUT2D eigenvalue weighted by molar-refractivity contribution is 0.562. The van der Waals surface area contributed by atoms with Gasteiger partial charge >= 0.3 is 5.69 Å². The highest BCUT2D eigenvalue weighted by molar-refractivity contribution is 5.88. The highest BCUT2D eigenvalue weighted by Crippen LogP contribution is 2.32. The molecule has 0 amide bonds. The SMILES string of the molecule is Nc1cccc2[nH]c(=O)n(CCC3CC3)c(=O)c12. The Morgan fingerprint density at radius 1 is 1.33 bits per heavy atom. The number of aromatic nitrogens is 2. The largest absolute Gasteiger partial charge is 0.398 e. The second-order valence-corrected chi connectivity index (χ2v) is 4.89. The van der Waals surface area contributed by atoms with Crippen molar-refractivity contribution in [3.63, 3.8) is 0 Å². The van der Waals surface area contributed by atoms with E-state index in [0.717, 1.165) is 6.42 Å². The van der Waals surface area contributed by atoms with Crippen LogP contribution in [0.3, 0.4) is 0 Å². The Kier molecular flexibility index (Phi) is 2.47. The molecule has 1 aromatic heterocycles. The molecular weight excluding hydrogens is 230 g/mol. The molecule has 3 rings (SSSR count). The average Bonchev–Trinajstić information content (AvgIpc) is 3.12. The van der Waals surface area contributed by atoms with Crippen molar-refractivity contribution in [1.82, 2.24) is 9.55 Å². The molecule has 1 heterocycles. The van der Waals surface area contributed by atoms with Crippen LogP contribution in [0.5, 0.6) is 0 Å². The number of hydrogen-bond acceptors (Lipinski definition) is 3. The molecule has 0 radical (unpaired) electrons. The van der Waals surface area contributed by atoms with Crippen molar-refractivity contribution in [2.75, 3.05) is 5.73 Å². The number of rotatable bonds is 3. The third-order valence-corrected chi connectivity index (χ3v) is 3.50. The zero-order valence-electron chi connectivity index (χ0n) is 9.98. The summed E-state index contributed by atoms with van der Waals surface area (Å²) in [6.45, 7) is 0.475. The van der Waals surface area contributed by atoms with Crippen molar-refractivity contribution < 1.29 is 0 Å². The van der Waals surface area contributed by atoms with E-state index in [2.05, 4.69) is 4.98 Å². The van der Waals surface area contributed by atoms with Crippen molar-refractivity contribution in [2.24, 2.45) is 5.92 Å². The Balaban J connectivity index is 2.15. The Hall–Kier alpha value is -2.04. The van der Waals surface area contributed by atoms with Gasteiger partial charge in [-0.3, -0.25) is 9.36 Å². The van der Waals surface area contributed by atoms with Gasteiger partial charge in [-0.15, -0.1) is 0 Å². The molecule has 18 heavy (non-hydrogen) atoms. The molecule has 1 saturated carbocycles. The molecule has 94 valence electrons. The first-order chi connectivity index (χ1) is 8.66. The zero-order chi connectivity index (χ0) is 12.7. The van der Waals surface area contributed by atoms with Crippen LogP contribution in [0.2, 0.25) is 0 Å². The molecular formula is C13H15N3O2. The van der Waals surface area contributed by atoms with Crippen LogP contribution < -0.4 is 17.0 Å². The fourth-order valence-electron chi connectivity index (χ4n) is 2.24. The highest BCUT2D eigenvalue weighted by Gasteiger charge is 2.21. The molecule has 0 atom stereocenters. The molecule has 0 unspecified atom stereocenters. The lowest BCUT2D eigenvalue weighted by atomic mass is 10.2. The van der Waals surface area contributed by atoms with E-state index in [4.69, 9.17) is 5.73 Å². The molecule has 0 aliphatic heterocycles. The van der Waals surface area contributed by atoms with Crippen LogP contribution in [-0.4, -0.2) is 9.55 Å². The van der Waals surface area contributed by atoms with E-state index in [1.807, 2.05) is 0 Å². The minimum Gasteiger partial charge on any atom is -0.398 e. The van der Waals surface area contributed by atoms with Crippen LogP contribution in [-0.2, 0) is 6.54 Å². The second-order valence-electron chi connectivity index (χ2n) is 4.89. The zero-order valence-corrected chi connectivity index (χ0v) is 9.98. The fraction of sp³-hybridized carbons (Fsp3) is 0.385. The predicted molar refractivity (Wildman–Crippen MR) is 70.6 cm³/mol. The van der Waals surface area contributed by atoms with Gasteiger partial charge in [-0.1, -0.05) is 18.9 Å². The minimum absolute atomic E-state index is 0.285. The van der Waals surface area contributed by atoms with Gasteiger partial charge in [0.05, 0.1) is 10.9 Å². The first-order valence-corrected chi connectivity index (χ1v) is 6.18. The molecule has 3 N–H and O–H groups in total. The summed E-state index contributed by atoms with van der Waals surface area (Å²) in [6, 6.07) is 5.09. The van der Waals surface area contributed by atoms with Crippen LogP contribution in [0.1, 0.15) is 19.3 Å². The van der Waals surface area contributed by atoms with Crippen molar-refractivity contribution >= 4 is 16.6 Å². The number of hydrogen-bond donors (Lipinski definition) is 2. The summed E-state index contributed by atoms with van der Waals surface area (Å²) < 4.78 is 1.26. The van der Waals surface area contributed by atoms with Gasteiger partial charge in [-0.25, -0.2) is 4.79 Å². The van der Waals surface area contributed by atoms with E-state index in [1.54, 1.807) is 18.2 Å². The normalized spacial score (nSPS) is 15.1. The molecule has 5 heteroatoms. The third-order valence-electron chi connectivity index (χ3n) is 3.50. The number of nitrogens with two attached hydrogens (primary N) is 1. The van der Waals surface area contributed by atoms with Crippen LogP contribution in [0, 0.1) is 5.92 Å². The average molecular weight is 245 g/mol. The highest BCUT2D eigenvalue weighted by atomic mass is 16.2. The molecule has 2 aromatic rings. The maximum absolute atomic E-state index is 12.3. The van der Waals surface area contributed by atoms with Crippen LogP contribution >= 0.6 is 0 Å². The van der Waals surface area contributed by atoms with Crippen molar-refractivity contribution in [3.8, 4) is 0 Å². The van der Waals surface area contributed by atoms with E-state index in [1.165, 1.54) is 17.4 Å². The first-order valence-electron chi connectivity index (χ1n) is 6.18. The Labute approximate surface area is 103 Å². The van der Waals surface area contributed by atoms with Gasteiger partial charge in [0.2, 0.25) is 0 Å². The van der Waals surface area contributed by atoms with Gasteiger partial charge in [0.1, 0.15) is 0 Å². The molecule has 5 nitrogen and oxygen atoms in total. The smallest absolute Gasteiger partial charge is 0.328 e. The number of anilines is 1. The van der Waals surface area contributed by atoms with Gasteiger partial charge < -0.3 is 10.7 Å². The van der Waals surface area contributed by atoms with E-state index in [-0.39, 0.29) is 11.2 Å². The molecule has 1 aliphatic carbocycles. The van der Waals surface area contributed by atoms with Gasteiger partial charge in [0.15, 0.2) is 0 Å². The number of benzene rings is 1. The number of H-pyrrole nitrogens is 1. The molecule has 1 aliphatic rings. The summed E-state index contributed by atoms with van der Waals surface area (Å²) in [6.07, 6.45) is 3.31. The first kappa shape index (κ1) is 11.1. The molecule has 1 fully saturated rings. The standard InChI is InChI=1S/C13H15N3O2/c14-9-2-1-3-10-11(9)12(17)16(13(18)15-10)7-6-8-4-5-8/h1-3,8H,4-7,14H2,(H,15,18). The number of nitrogens with zero attached hydrogens (tertiary/aromatic N) is 1. The summed E-state index contributed by atoms with van der Waals surface area (Å²) in [5.41, 5.74) is 6.09. The van der Waals surface area contributed by atoms with Crippen LogP contribution in [0.4, 0.5) is 5.69 Å². The van der Waals surface area contributed by atoms with E-state index >= 15 is 0 Å². The molecule has 0 bridgehead atoms. The molecule has 0 saturated heterocycles. The van der Waals surface area contributed by atoms with Crippen LogP contribution in [0.15, 0.2) is 27.8 Å². The second kappa shape index (κ2) is 4.01. The summed E-state index contributed by atoms with van der Waals surface area (Å²) in [7, 11) is 0. The Bertz CT molecular complexity index is 710. The predicted octanol–water partition coefficient (Wildman–Crippen LogP) is 1.07. The minimum atomic E-state index is -0.348. The van der Waals surface area contributed by atoms with E-state index in [9.17, 15) is 9.59 Å². The lowest BCUT2D eigenvalue weighted by Gasteiger charge is -2.07. The monoisotopic (exact) mass is 245 g/mol. The summed E-state index contributed by atoms with van der Waals surface area (Å²) in [5.74, 6) is 0.681. The molecule has 0 spiro atoms. The quantitative estimate of drug-likeness (QED) is 0.794. The summed E-state index contributed by atoms with van der Waals surface area (Å²) in [5, 5.41) is 0.410. The third kappa shape index (κ3) is 1.81. The number of fused-ring (bicyclic) bond motifs is 1. The number of nitrogens with one attached hydrogen (secondary N) is 1. The van der Waals surface area contributed by atoms with Crippen molar-refractivity contribution in [2.45, 2.75) is 25.8 Å². The Morgan fingerprint density at radius 3 is 2.83 bits per heavy atom. The topological polar surface area (TPSA) is 80.9 Å².